The Morgan fingerprint density at radius 1 is 0.706 bits per heavy atom. The topological polar surface area (TPSA) is 161 Å². The average Bonchev–Trinajstić information content (AvgIpc) is 2.80. The van der Waals surface area contributed by atoms with E-state index in [0.29, 0.717) is 44.0 Å². The monoisotopic (exact) mass is 526 g/mol. The minimum atomic E-state index is -0.0346. The largest absolute Gasteiger partial charge is 0.338 e. The summed E-state index contributed by atoms with van der Waals surface area (Å²) in [4.78, 5) is 18.4. The lowest BCUT2D eigenvalue weighted by Crippen LogP contribution is -2.54. The van der Waals surface area contributed by atoms with Crippen LogP contribution in [-0.4, -0.2) is 65.3 Å². The first-order valence-corrected chi connectivity index (χ1v) is 12.4. The van der Waals surface area contributed by atoms with Gasteiger partial charge in [0, 0.05) is 65.9 Å². The van der Waals surface area contributed by atoms with Crippen molar-refractivity contribution in [3.63, 3.8) is 0 Å². The van der Waals surface area contributed by atoms with E-state index in [-0.39, 0.29) is 24.2 Å². The van der Waals surface area contributed by atoms with E-state index < -0.39 is 0 Å². The zero-order valence-corrected chi connectivity index (χ0v) is 20.5. The van der Waals surface area contributed by atoms with Crippen molar-refractivity contribution in [2.45, 2.75) is 37.0 Å². The molecule has 0 bridgehead atoms. The number of hydrogen-bond donors (Lipinski definition) is 5. The number of benzene rings is 2. The highest BCUT2D eigenvalue weighted by atomic mass is 79.9. The second-order valence-corrected chi connectivity index (χ2v) is 10.2. The maximum absolute atomic E-state index is 6.25. The number of nitrogens with two attached hydrogens (primary N) is 4. The molecule has 0 unspecified atom stereocenters. The van der Waals surface area contributed by atoms with Gasteiger partial charge in [-0.2, -0.15) is 15.0 Å². The van der Waals surface area contributed by atoms with Gasteiger partial charge in [0.15, 0.2) is 0 Å². The van der Waals surface area contributed by atoms with Crippen molar-refractivity contribution in [1.29, 1.82) is 0 Å². The lowest BCUT2D eigenvalue weighted by atomic mass is 10.0. The minimum absolute atomic E-state index is 0.0346. The number of aromatic nitrogens is 3. The van der Waals surface area contributed by atoms with Crippen LogP contribution in [-0.2, 0) is 0 Å². The summed E-state index contributed by atoms with van der Waals surface area (Å²) in [6, 6.07) is 12.0. The molecule has 2 aliphatic heterocycles. The van der Waals surface area contributed by atoms with Gasteiger partial charge in [-0.05, 0) is 30.4 Å². The number of piperidine rings is 2. The maximum Gasteiger partial charge on any atom is 0.233 e. The van der Waals surface area contributed by atoms with Crippen molar-refractivity contribution in [1.82, 2.24) is 15.0 Å². The lowest BCUT2D eigenvalue weighted by molar-refractivity contribution is 0.441. The molecule has 0 aliphatic carbocycles. The number of hydrogen-bond acceptors (Lipinski definition) is 10. The van der Waals surface area contributed by atoms with Gasteiger partial charge in [-0.25, -0.2) is 0 Å². The van der Waals surface area contributed by atoms with Crippen LogP contribution >= 0.6 is 15.9 Å². The van der Waals surface area contributed by atoms with Gasteiger partial charge in [0.1, 0.15) is 0 Å². The molecular formula is C23H31BrN10. The van der Waals surface area contributed by atoms with Gasteiger partial charge in [-0.1, -0.05) is 40.2 Å². The van der Waals surface area contributed by atoms with E-state index in [4.69, 9.17) is 37.9 Å². The van der Waals surface area contributed by atoms with E-state index in [1.165, 1.54) is 0 Å². The Balaban J connectivity index is 1.54. The van der Waals surface area contributed by atoms with Crippen LogP contribution in [0.3, 0.4) is 0 Å². The molecule has 10 nitrogen and oxygen atoms in total. The molecule has 0 amide bonds. The predicted octanol–water partition coefficient (Wildman–Crippen LogP) is 1.26. The molecule has 11 heteroatoms. The van der Waals surface area contributed by atoms with Gasteiger partial charge in [0.2, 0.25) is 17.8 Å². The number of rotatable bonds is 4. The number of anilines is 4. The van der Waals surface area contributed by atoms with E-state index in [0.717, 1.165) is 33.8 Å². The third kappa shape index (κ3) is 4.93. The molecule has 3 heterocycles. The summed E-state index contributed by atoms with van der Waals surface area (Å²) in [5.41, 5.74) is 25.9. The number of halogens is 1. The molecule has 4 atom stereocenters. The lowest BCUT2D eigenvalue weighted by Gasteiger charge is -2.37. The molecule has 5 rings (SSSR count). The van der Waals surface area contributed by atoms with Crippen LogP contribution in [0.25, 0.3) is 10.8 Å². The first-order chi connectivity index (χ1) is 16.4. The van der Waals surface area contributed by atoms with Crippen LogP contribution in [0.2, 0.25) is 0 Å². The van der Waals surface area contributed by atoms with E-state index in [2.05, 4.69) is 33.4 Å². The molecule has 9 N–H and O–H groups in total. The molecule has 2 aliphatic rings. The quantitative estimate of drug-likeness (QED) is 0.334. The molecule has 0 saturated carbocycles. The number of nitrogens with one attached hydrogen (secondary N) is 1. The normalized spacial score (nSPS) is 25.6. The van der Waals surface area contributed by atoms with Gasteiger partial charge in [-0.3, -0.25) is 0 Å². The third-order valence-electron chi connectivity index (χ3n) is 6.33. The van der Waals surface area contributed by atoms with Crippen molar-refractivity contribution < 1.29 is 0 Å². The second-order valence-electron chi connectivity index (χ2n) is 9.35. The molecule has 0 radical (unpaired) electrons. The Morgan fingerprint density at radius 2 is 1.21 bits per heavy atom. The fraction of sp³-hybridized carbons (Fsp3) is 0.435. The van der Waals surface area contributed by atoms with Gasteiger partial charge < -0.3 is 38.1 Å². The van der Waals surface area contributed by atoms with E-state index >= 15 is 0 Å². The number of fused-ring (bicyclic) bond motifs is 1. The smallest absolute Gasteiger partial charge is 0.233 e. The predicted molar refractivity (Wildman–Crippen MR) is 140 cm³/mol. The summed E-state index contributed by atoms with van der Waals surface area (Å²) in [6.45, 7) is 2.54. The average molecular weight is 527 g/mol. The Bertz CT molecular complexity index is 1110. The van der Waals surface area contributed by atoms with E-state index in [1.807, 2.05) is 34.1 Å². The van der Waals surface area contributed by atoms with Gasteiger partial charge in [-0.15, -0.1) is 0 Å². The Kier molecular flexibility index (Phi) is 6.54. The van der Waals surface area contributed by atoms with Crippen molar-refractivity contribution in [2.75, 3.05) is 41.3 Å². The summed E-state index contributed by atoms with van der Waals surface area (Å²) in [7, 11) is 0. The van der Waals surface area contributed by atoms with Crippen LogP contribution in [0.15, 0.2) is 40.9 Å². The summed E-state index contributed by atoms with van der Waals surface area (Å²) in [5.74, 6) is 1.55. The van der Waals surface area contributed by atoms with Crippen LogP contribution in [0, 0.1) is 0 Å². The van der Waals surface area contributed by atoms with Crippen LogP contribution in [0.1, 0.15) is 12.8 Å². The fourth-order valence-electron chi connectivity index (χ4n) is 4.87. The first-order valence-electron chi connectivity index (χ1n) is 11.6. The van der Waals surface area contributed by atoms with Crippen molar-refractivity contribution in [3.05, 3.63) is 40.9 Å². The minimum Gasteiger partial charge on any atom is -0.338 e. The van der Waals surface area contributed by atoms with Crippen LogP contribution in [0.5, 0.6) is 0 Å². The molecule has 2 saturated heterocycles. The number of nitrogens with zero attached hydrogens (tertiary/aromatic N) is 5. The summed E-state index contributed by atoms with van der Waals surface area (Å²) in [5, 5.41) is 5.58. The molecule has 34 heavy (non-hydrogen) atoms. The zero-order valence-electron chi connectivity index (χ0n) is 18.9. The van der Waals surface area contributed by atoms with Crippen LogP contribution in [0.4, 0.5) is 23.5 Å². The summed E-state index contributed by atoms with van der Waals surface area (Å²) in [6.07, 6.45) is 1.56. The summed E-state index contributed by atoms with van der Waals surface area (Å²) >= 11 is 3.64. The second kappa shape index (κ2) is 9.59. The molecular weight excluding hydrogens is 496 g/mol. The van der Waals surface area contributed by atoms with Gasteiger partial charge in [0.25, 0.3) is 0 Å². The molecule has 180 valence electrons. The first kappa shape index (κ1) is 23.2. The third-order valence-corrected chi connectivity index (χ3v) is 7.02. The van der Waals surface area contributed by atoms with E-state index in [9.17, 15) is 0 Å². The van der Waals surface area contributed by atoms with Gasteiger partial charge >= 0.3 is 0 Å². The highest BCUT2D eigenvalue weighted by Crippen LogP contribution is 2.32. The van der Waals surface area contributed by atoms with E-state index in [1.54, 1.807) is 0 Å². The zero-order chi connectivity index (χ0) is 23.8. The maximum atomic E-state index is 6.25. The van der Waals surface area contributed by atoms with Gasteiger partial charge in [0.05, 0.1) is 0 Å². The standard InChI is InChI=1S/C23H31BrN10/c24-19-5-6-20(18-4-2-1-3-17(18)19)29-21-30-22(33-9-13(25)7-14(26)10-33)32-23(31-21)34-11-15(27)8-16(28)12-34/h1-6,13-16H,7-12,25-28H2,(H,29,30,31,32)/t13-,14-,15-,16+/m0/s1. The Hall–Kier alpha value is -2.57. The van der Waals surface area contributed by atoms with Crippen LogP contribution < -0.4 is 38.1 Å². The Morgan fingerprint density at radius 3 is 1.74 bits per heavy atom. The fourth-order valence-corrected chi connectivity index (χ4v) is 5.35. The highest BCUT2D eigenvalue weighted by Gasteiger charge is 2.28. The molecule has 2 fully saturated rings. The summed E-state index contributed by atoms with van der Waals surface area (Å²) < 4.78 is 1.03. The van der Waals surface area contributed by atoms with Crippen molar-refractivity contribution >= 4 is 50.2 Å². The highest BCUT2D eigenvalue weighted by molar-refractivity contribution is 9.10. The SMILES string of the molecule is N[C@@H]1C[C@H](N)CN(c2nc(Nc3ccc(Br)c4ccccc34)nc(N3C[C@@H](N)C[C@H](N)C3)n2)C1. The molecule has 3 aromatic rings. The molecule has 0 spiro atoms. The molecule has 2 aromatic carbocycles. The van der Waals surface area contributed by atoms with Crippen molar-refractivity contribution in [3.8, 4) is 0 Å². The van der Waals surface area contributed by atoms with Crippen molar-refractivity contribution in [2.24, 2.45) is 22.9 Å². The Labute approximate surface area is 207 Å². The molecule has 1 aromatic heterocycles.